The van der Waals surface area contributed by atoms with E-state index in [9.17, 15) is 14.0 Å². The molecule has 2 aromatic rings. The van der Waals surface area contributed by atoms with Crippen molar-refractivity contribution >= 4 is 11.9 Å². The summed E-state index contributed by atoms with van der Waals surface area (Å²) in [6, 6.07) is 6.13. The first-order valence-electron chi connectivity index (χ1n) is 9.78. The highest BCUT2D eigenvalue weighted by atomic mass is 19.1. The van der Waals surface area contributed by atoms with Gasteiger partial charge in [0.05, 0.1) is 11.7 Å². The maximum absolute atomic E-state index is 13.0. The number of alkyl halides is 1. The number of hydrogen-bond donors (Lipinski definition) is 2. The number of carboxylic acid groups (broad SMARTS) is 1. The van der Waals surface area contributed by atoms with Gasteiger partial charge in [-0.2, -0.15) is 5.10 Å². The topological polar surface area (TPSA) is 93.5 Å². The van der Waals surface area contributed by atoms with Crippen LogP contribution in [0.5, 0.6) is 11.6 Å². The number of nitrogens with one attached hydrogen (secondary N) is 1. The number of carboxylic acids is 1. The summed E-state index contributed by atoms with van der Waals surface area (Å²) in [4.78, 5) is 24.2. The van der Waals surface area contributed by atoms with Gasteiger partial charge >= 0.3 is 5.97 Å². The number of allylic oxidation sites excluding steroid dienone is 3. The molecular formula is C23H24FN3O4. The molecule has 162 valence electrons. The summed E-state index contributed by atoms with van der Waals surface area (Å²) in [5, 5.41) is 16.4. The average molecular weight is 425 g/mol. The van der Waals surface area contributed by atoms with Crippen molar-refractivity contribution in [3.8, 4) is 11.6 Å². The standard InChI is InChI=1S/C23H24FN3O4/c1-14(17-5-4-6-18(10-9-17)23(29)30)25-21(28)20-15(2)26-27(3)22(20)31-19-11-7-16(13-24)8-12-19/h4-5,7-12,14H,6,13H2,1-3H3,(H,25,28)(H,29,30). The zero-order valence-electron chi connectivity index (χ0n) is 17.6. The summed E-state index contributed by atoms with van der Waals surface area (Å²) in [5.41, 5.74) is 2.38. The van der Waals surface area contributed by atoms with Crippen LogP contribution in [0.3, 0.4) is 0 Å². The van der Waals surface area contributed by atoms with E-state index in [0.717, 1.165) is 5.57 Å². The molecule has 0 saturated heterocycles. The predicted molar refractivity (Wildman–Crippen MR) is 114 cm³/mol. The van der Waals surface area contributed by atoms with Gasteiger partial charge in [-0.05, 0) is 43.5 Å². The summed E-state index contributed by atoms with van der Waals surface area (Å²) < 4.78 is 20.1. The Morgan fingerprint density at radius 2 is 2.00 bits per heavy atom. The number of carbonyl (C=O) groups excluding carboxylic acids is 1. The third kappa shape index (κ3) is 5.09. The predicted octanol–water partition coefficient (Wildman–Crippen LogP) is 4.01. The number of carbonyl (C=O) groups is 2. The SMILES string of the molecule is Cc1nn(C)c(Oc2ccc(CF)cc2)c1C(=O)NC(C)C1=CC=C(C(=O)O)CC=C1. The molecule has 0 spiro atoms. The lowest BCUT2D eigenvalue weighted by molar-refractivity contribution is -0.132. The zero-order chi connectivity index (χ0) is 22.5. The fraction of sp³-hybridized carbons (Fsp3) is 0.261. The van der Waals surface area contributed by atoms with E-state index in [2.05, 4.69) is 10.4 Å². The van der Waals surface area contributed by atoms with Crippen molar-refractivity contribution in [3.05, 3.63) is 76.5 Å². The van der Waals surface area contributed by atoms with E-state index in [1.807, 2.05) is 6.92 Å². The summed E-state index contributed by atoms with van der Waals surface area (Å²) in [7, 11) is 1.67. The number of halogens is 1. The maximum Gasteiger partial charge on any atom is 0.331 e. The Hall–Kier alpha value is -3.68. The summed E-state index contributed by atoms with van der Waals surface area (Å²) in [6.07, 6.45) is 7.11. The van der Waals surface area contributed by atoms with Gasteiger partial charge in [0.25, 0.3) is 5.91 Å². The van der Waals surface area contributed by atoms with Gasteiger partial charge < -0.3 is 15.2 Å². The first-order chi connectivity index (χ1) is 14.8. The van der Waals surface area contributed by atoms with Crippen molar-refractivity contribution in [1.29, 1.82) is 0 Å². The van der Waals surface area contributed by atoms with Crippen LogP contribution in [-0.2, 0) is 18.5 Å². The lowest BCUT2D eigenvalue weighted by Crippen LogP contribution is -2.34. The van der Waals surface area contributed by atoms with E-state index in [1.54, 1.807) is 62.5 Å². The Balaban J connectivity index is 1.81. The smallest absolute Gasteiger partial charge is 0.331 e. The number of ether oxygens (including phenoxy) is 1. The second kappa shape index (κ2) is 9.42. The Labute approximate surface area is 179 Å². The average Bonchev–Trinajstić information content (AvgIpc) is 2.90. The van der Waals surface area contributed by atoms with Crippen LogP contribution in [0.4, 0.5) is 4.39 Å². The van der Waals surface area contributed by atoms with Crippen LogP contribution in [0, 0.1) is 6.92 Å². The maximum atomic E-state index is 13.0. The molecule has 1 heterocycles. The van der Waals surface area contributed by atoms with Crippen LogP contribution >= 0.6 is 0 Å². The van der Waals surface area contributed by atoms with E-state index in [-0.39, 0.29) is 23.4 Å². The third-order valence-electron chi connectivity index (χ3n) is 4.94. The molecule has 1 unspecified atom stereocenters. The Bertz CT molecular complexity index is 1080. The van der Waals surface area contributed by atoms with Crippen LogP contribution in [-0.4, -0.2) is 32.8 Å². The molecule has 7 nitrogen and oxygen atoms in total. The molecule has 0 saturated carbocycles. The monoisotopic (exact) mass is 425 g/mol. The molecule has 1 atom stereocenters. The van der Waals surface area contributed by atoms with E-state index < -0.39 is 12.6 Å². The van der Waals surface area contributed by atoms with Crippen LogP contribution < -0.4 is 10.1 Å². The van der Waals surface area contributed by atoms with E-state index in [4.69, 9.17) is 9.84 Å². The molecule has 1 aromatic carbocycles. The molecule has 8 heteroatoms. The minimum atomic E-state index is -0.967. The normalized spacial score (nSPS) is 14.3. The number of aromatic nitrogens is 2. The second-order valence-corrected chi connectivity index (χ2v) is 7.23. The molecule has 1 aromatic heterocycles. The van der Waals surface area contributed by atoms with Crippen LogP contribution in [0.25, 0.3) is 0 Å². The molecule has 3 rings (SSSR count). The van der Waals surface area contributed by atoms with Crippen molar-refractivity contribution < 1.29 is 23.8 Å². The molecule has 1 amide bonds. The molecular weight excluding hydrogens is 401 g/mol. The van der Waals surface area contributed by atoms with Crippen molar-refractivity contribution in [1.82, 2.24) is 15.1 Å². The van der Waals surface area contributed by atoms with Crippen molar-refractivity contribution in [2.75, 3.05) is 0 Å². The summed E-state index contributed by atoms with van der Waals surface area (Å²) in [6.45, 7) is 2.96. The van der Waals surface area contributed by atoms with Gasteiger partial charge in [-0.25, -0.2) is 13.9 Å². The molecule has 0 fully saturated rings. The summed E-state index contributed by atoms with van der Waals surface area (Å²) >= 11 is 0. The highest BCUT2D eigenvalue weighted by Gasteiger charge is 2.24. The number of rotatable bonds is 7. The number of aryl methyl sites for hydroxylation is 2. The number of hydrogen-bond acceptors (Lipinski definition) is 4. The number of nitrogens with zero attached hydrogens (tertiary/aromatic N) is 2. The van der Waals surface area contributed by atoms with E-state index >= 15 is 0 Å². The highest BCUT2D eigenvalue weighted by molar-refractivity contribution is 5.98. The van der Waals surface area contributed by atoms with Gasteiger partial charge in [0.2, 0.25) is 5.88 Å². The van der Waals surface area contributed by atoms with Gasteiger partial charge in [-0.1, -0.05) is 36.4 Å². The lowest BCUT2D eigenvalue weighted by atomic mass is 10.1. The van der Waals surface area contributed by atoms with Crippen LogP contribution in [0.2, 0.25) is 0 Å². The molecule has 1 aliphatic carbocycles. The highest BCUT2D eigenvalue weighted by Crippen LogP contribution is 2.28. The van der Waals surface area contributed by atoms with Gasteiger partial charge in [0.1, 0.15) is 18.0 Å². The van der Waals surface area contributed by atoms with Crippen molar-refractivity contribution in [2.45, 2.75) is 33.0 Å². The fourth-order valence-corrected chi connectivity index (χ4v) is 3.22. The quantitative estimate of drug-likeness (QED) is 0.699. The number of aliphatic carboxylic acids is 1. The van der Waals surface area contributed by atoms with E-state index in [0.29, 0.717) is 29.0 Å². The minimum absolute atomic E-state index is 0.272. The third-order valence-corrected chi connectivity index (χ3v) is 4.94. The number of benzene rings is 1. The van der Waals surface area contributed by atoms with Gasteiger partial charge in [0.15, 0.2) is 0 Å². The molecule has 31 heavy (non-hydrogen) atoms. The van der Waals surface area contributed by atoms with Gasteiger partial charge in [-0.3, -0.25) is 4.79 Å². The molecule has 0 aliphatic heterocycles. The molecule has 1 aliphatic rings. The first-order valence-corrected chi connectivity index (χ1v) is 9.78. The second-order valence-electron chi connectivity index (χ2n) is 7.23. The number of amides is 1. The van der Waals surface area contributed by atoms with Crippen molar-refractivity contribution in [2.24, 2.45) is 7.05 Å². The summed E-state index contributed by atoms with van der Waals surface area (Å²) in [5.74, 6) is -0.600. The largest absolute Gasteiger partial charge is 0.478 e. The molecule has 0 radical (unpaired) electrons. The van der Waals surface area contributed by atoms with E-state index in [1.165, 1.54) is 4.68 Å². The van der Waals surface area contributed by atoms with Crippen molar-refractivity contribution in [3.63, 3.8) is 0 Å². The van der Waals surface area contributed by atoms with Gasteiger partial charge in [-0.15, -0.1) is 0 Å². The molecule has 2 N–H and O–H groups in total. The zero-order valence-corrected chi connectivity index (χ0v) is 17.6. The van der Waals surface area contributed by atoms with Gasteiger partial charge in [0, 0.05) is 12.6 Å². The lowest BCUT2D eigenvalue weighted by Gasteiger charge is -2.16. The molecule has 0 bridgehead atoms. The Morgan fingerprint density at radius 1 is 1.29 bits per heavy atom. The Morgan fingerprint density at radius 3 is 2.65 bits per heavy atom. The van der Waals surface area contributed by atoms with Crippen LogP contribution in [0.1, 0.15) is 35.0 Å². The van der Waals surface area contributed by atoms with Crippen LogP contribution in [0.15, 0.2) is 59.7 Å². The fourth-order valence-electron chi connectivity index (χ4n) is 3.22. The minimum Gasteiger partial charge on any atom is -0.478 e. The first kappa shape index (κ1) is 22.0. The Kier molecular flexibility index (Phi) is 6.69.